The lowest BCUT2D eigenvalue weighted by Crippen LogP contribution is -2.62. The van der Waals surface area contributed by atoms with Crippen LogP contribution in [0, 0.1) is 28.1 Å². The van der Waals surface area contributed by atoms with Crippen LogP contribution in [0.2, 0.25) is 0 Å². The van der Waals surface area contributed by atoms with E-state index in [-0.39, 0.29) is 39.2 Å². The third-order valence-electron chi connectivity index (χ3n) is 15.9. The Labute approximate surface area is 376 Å². The lowest BCUT2D eigenvalue weighted by Gasteiger charge is -2.50. The Bertz CT molecular complexity index is 2590. The Morgan fingerprint density at radius 3 is 1.82 bits per heavy atom. The summed E-state index contributed by atoms with van der Waals surface area (Å²) in [5.41, 5.74) is 21.9. The highest BCUT2D eigenvalue weighted by molar-refractivity contribution is 6.99. The van der Waals surface area contributed by atoms with Crippen molar-refractivity contribution in [2.75, 3.05) is 9.80 Å². The van der Waals surface area contributed by atoms with E-state index >= 15 is 0 Å². The van der Waals surface area contributed by atoms with Gasteiger partial charge in [0.1, 0.15) is 5.76 Å². The normalized spacial score (nSPS) is 21.7. The van der Waals surface area contributed by atoms with Crippen molar-refractivity contribution in [1.82, 2.24) is 0 Å². The van der Waals surface area contributed by atoms with Crippen LogP contribution in [-0.2, 0) is 22.7 Å². The van der Waals surface area contributed by atoms with Crippen LogP contribution in [0.3, 0.4) is 0 Å². The SMILES string of the molecule is CC1=C(N2c3ccc(C(C)(C)C)cc3B3c4oc5c(c4N(c4ccc(C(C)(C)C)cc4)c4cc(C(C)(C)C)cc2c43)CC2C(=C5)C(C)(C)CCC2(C)C)C(C)CC(C(C)(C)C)=C1. The van der Waals surface area contributed by atoms with Crippen molar-refractivity contribution in [1.29, 1.82) is 0 Å². The second-order valence-corrected chi connectivity index (χ2v) is 25.6. The van der Waals surface area contributed by atoms with Gasteiger partial charge in [-0.25, -0.2) is 0 Å². The van der Waals surface area contributed by atoms with Crippen molar-refractivity contribution in [3.63, 3.8) is 0 Å². The van der Waals surface area contributed by atoms with E-state index in [2.05, 4.69) is 201 Å². The van der Waals surface area contributed by atoms with E-state index < -0.39 is 0 Å². The number of hydrogen-bond donors (Lipinski definition) is 0. The molecule has 0 spiro atoms. The maximum atomic E-state index is 7.61. The van der Waals surface area contributed by atoms with E-state index in [4.69, 9.17) is 4.42 Å². The molecule has 0 amide bonds. The monoisotopic (exact) mass is 827 g/mol. The van der Waals surface area contributed by atoms with Crippen molar-refractivity contribution in [2.45, 2.75) is 167 Å². The predicted octanol–water partition coefficient (Wildman–Crippen LogP) is 14.6. The number of furan rings is 1. The lowest BCUT2D eigenvalue weighted by atomic mass is 9.35. The van der Waals surface area contributed by atoms with Gasteiger partial charge in [-0.3, -0.25) is 0 Å². The quantitative estimate of drug-likeness (QED) is 0.165. The molecule has 9 rings (SSSR count). The number of hydrogen-bond acceptors (Lipinski definition) is 3. The van der Waals surface area contributed by atoms with Gasteiger partial charge >= 0.3 is 0 Å². The Kier molecular flexibility index (Phi) is 9.50. The molecule has 2 aliphatic heterocycles. The third kappa shape index (κ3) is 6.74. The minimum Gasteiger partial charge on any atom is -0.468 e. The van der Waals surface area contributed by atoms with Crippen LogP contribution < -0.4 is 26.4 Å². The molecule has 4 aromatic rings. The minimum absolute atomic E-state index is 0.0191. The molecule has 0 radical (unpaired) electrons. The summed E-state index contributed by atoms with van der Waals surface area (Å²) in [6, 6.07) is 22.0. The molecule has 3 nitrogen and oxygen atoms in total. The van der Waals surface area contributed by atoms with E-state index in [1.54, 1.807) is 5.57 Å². The van der Waals surface area contributed by atoms with Crippen LogP contribution >= 0.6 is 0 Å². The molecule has 1 aromatic heterocycles. The van der Waals surface area contributed by atoms with Gasteiger partial charge in [-0.05, 0) is 141 Å². The minimum atomic E-state index is -0.0861. The Morgan fingerprint density at radius 1 is 0.645 bits per heavy atom. The van der Waals surface area contributed by atoms with Crippen LogP contribution in [0.5, 0.6) is 0 Å². The fourth-order valence-corrected chi connectivity index (χ4v) is 11.7. The molecule has 1 fully saturated rings. The van der Waals surface area contributed by atoms with Crippen molar-refractivity contribution in [3.05, 3.63) is 111 Å². The Balaban J connectivity index is 1.41. The number of allylic oxidation sites excluding steroid dienone is 5. The fourth-order valence-electron chi connectivity index (χ4n) is 11.7. The summed E-state index contributed by atoms with van der Waals surface area (Å²) in [5, 5.41) is 0. The second-order valence-electron chi connectivity index (χ2n) is 25.6. The first-order chi connectivity index (χ1) is 28.6. The topological polar surface area (TPSA) is 19.6 Å². The van der Waals surface area contributed by atoms with Gasteiger partial charge in [0.15, 0.2) is 0 Å². The van der Waals surface area contributed by atoms with Crippen LogP contribution in [0.25, 0.3) is 6.08 Å². The van der Waals surface area contributed by atoms with Crippen LogP contribution in [-0.4, -0.2) is 6.71 Å². The van der Waals surface area contributed by atoms with E-state index in [0.29, 0.717) is 11.8 Å². The van der Waals surface area contributed by atoms with E-state index in [1.807, 2.05) is 0 Å². The molecule has 0 N–H and O–H groups in total. The maximum Gasteiger partial charge on any atom is 0.297 e. The first-order valence-corrected chi connectivity index (χ1v) is 23.9. The zero-order valence-electron chi connectivity index (χ0n) is 41.7. The highest BCUT2D eigenvalue weighted by Gasteiger charge is 2.52. The highest BCUT2D eigenvalue weighted by atomic mass is 16.3. The molecule has 2 unspecified atom stereocenters. The average Bonchev–Trinajstić information content (AvgIpc) is 3.53. The summed E-state index contributed by atoms with van der Waals surface area (Å²) in [6.07, 6.45) is 9.51. The molecule has 4 heteroatoms. The third-order valence-corrected chi connectivity index (χ3v) is 15.9. The molecule has 0 bridgehead atoms. The van der Waals surface area contributed by atoms with Gasteiger partial charge in [-0.1, -0.05) is 159 Å². The van der Waals surface area contributed by atoms with Gasteiger partial charge in [-0.2, -0.15) is 0 Å². The van der Waals surface area contributed by atoms with Crippen molar-refractivity contribution >= 4 is 57.8 Å². The fraction of sp³-hybridized carbons (Fsp3) is 0.517. The molecule has 2 atom stereocenters. The van der Waals surface area contributed by atoms with Gasteiger partial charge in [0, 0.05) is 39.9 Å². The summed E-state index contributed by atoms with van der Waals surface area (Å²) in [7, 11) is 0. The van der Waals surface area contributed by atoms with Crippen LogP contribution in [0.1, 0.15) is 172 Å². The first kappa shape index (κ1) is 43.1. The summed E-state index contributed by atoms with van der Waals surface area (Å²) in [6.45, 7) is 43.0. The Morgan fingerprint density at radius 2 is 1.24 bits per heavy atom. The zero-order valence-corrected chi connectivity index (χ0v) is 41.7. The second kappa shape index (κ2) is 13.7. The molecule has 326 valence electrons. The van der Waals surface area contributed by atoms with E-state index in [9.17, 15) is 0 Å². The average molecular weight is 827 g/mol. The molecule has 3 heterocycles. The number of fused-ring (bicyclic) bond motifs is 7. The lowest BCUT2D eigenvalue weighted by molar-refractivity contribution is 0.123. The number of nitrogens with zero attached hydrogens (tertiary/aromatic N) is 2. The number of benzene rings is 3. The van der Waals surface area contributed by atoms with Gasteiger partial charge in [0.2, 0.25) is 0 Å². The van der Waals surface area contributed by atoms with Crippen molar-refractivity contribution in [2.24, 2.45) is 28.1 Å². The Hall–Kier alpha value is -4.18. The molecule has 5 aliphatic rings. The standard InChI is InChI=1S/C58H75BN2O/c1-34-27-38(55(9,10)11)28-35(2)50(34)61-45-24-21-37(54(6,7)8)29-44(45)59-49-46(30-39(31-47(49)61)56(12,13)14)60(40-22-19-36(20-23-40)53(3,4)5)51-41-32-42-43(33-48(41)62-52(51)59)58(17,18)26-25-57(42,15)16/h19-24,27,29-31,33,35,42H,25-26,28,32H2,1-18H3. The smallest absolute Gasteiger partial charge is 0.297 e. The summed E-state index contributed by atoms with van der Waals surface area (Å²) in [4.78, 5) is 5.35. The maximum absolute atomic E-state index is 7.61. The summed E-state index contributed by atoms with van der Waals surface area (Å²) < 4.78 is 7.61. The number of rotatable bonds is 2. The molecule has 1 saturated carbocycles. The van der Waals surface area contributed by atoms with Crippen LogP contribution in [0.15, 0.2) is 87.5 Å². The van der Waals surface area contributed by atoms with Crippen LogP contribution in [0.4, 0.5) is 28.4 Å². The molecule has 62 heavy (non-hydrogen) atoms. The molecular weight excluding hydrogens is 751 g/mol. The van der Waals surface area contributed by atoms with E-state index in [1.165, 1.54) is 91.3 Å². The molecular formula is C58H75BN2O. The highest BCUT2D eigenvalue weighted by Crippen LogP contribution is 2.58. The van der Waals surface area contributed by atoms with Gasteiger partial charge < -0.3 is 14.2 Å². The number of anilines is 5. The molecule has 3 aliphatic carbocycles. The van der Waals surface area contributed by atoms with Gasteiger partial charge in [0.25, 0.3) is 6.71 Å². The summed E-state index contributed by atoms with van der Waals surface area (Å²) >= 11 is 0. The van der Waals surface area contributed by atoms with E-state index in [0.717, 1.165) is 24.3 Å². The molecule has 3 aromatic carbocycles. The predicted molar refractivity (Wildman–Crippen MR) is 269 cm³/mol. The largest absolute Gasteiger partial charge is 0.468 e. The summed E-state index contributed by atoms with van der Waals surface area (Å²) in [5.74, 6) is 1.87. The van der Waals surface area contributed by atoms with Gasteiger partial charge in [-0.15, -0.1) is 0 Å². The van der Waals surface area contributed by atoms with Crippen molar-refractivity contribution in [3.8, 4) is 0 Å². The van der Waals surface area contributed by atoms with Gasteiger partial charge in [0.05, 0.1) is 11.3 Å². The van der Waals surface area contributed by atoms with Crippen molar-refractivity contribution < 1.29 is 4.42 Å². The first-order valence-electron chi connectivity index (χ1n) is 23.9. The zero-order chi connectivity index (χ0) is 45.0. The molecule has 0 saturated heterocycles.